The molecule has 0 bridgehead atoms. The van der Waals surface area contributed by atoms with Crippen molar-refractivity contribution in [2.45, 2.75) is 22.8 Å². The number of carbonyl (C=O) groups excluding carboxylic acids is 1. The first-order valence-electron chi connectivity index (χ1n) is 8.39. The molecule has 16 heteroatoms. The highest BCUT2D eigenvalue weighted by Crippen LogP contribution is 2.39. The van der Waals surface area contributed by atoms with Crippen molar-refractivity contribution < 1.29 is 46.1 Å². The standard InChI is InChI=1S/C17H11F6N3O6S/c18-16(19,20)12-7-9(1-6-13(12)26(31)32)24-14(27)15(28,17(21,22)23)8-33-11-4-2-10(3-5-11)25(29)30/h1-7,28H,8H2,(H,24,27)/t15-/m0/s1. The Kier molecular flexibility index (Phi) is 7.23. The SMILES string of the molecule is O=C(Nc1ccc([N+](=O)[O-])c(C(F)(F)F)c1)[C@@](O)(CSc1ccc([N+](=O)[O-])cc1)C(F)(F)F. The molecular weight excluding hydrogens is 488 g/mol. The predicted molar refractivity (Wildman–Crippen MR) is 102 cm³/mol. The van der Waals surface area contributed by atoms with Gasteiger partial charge in [-0.3, -0.25) is 25.0 Å². The summed E-state index contributed by atoms with van der Waals surface area (Å²) in [4.78, 5) is 31.5. The third kappa shape index (κ3) is 5.89. The number of amides is 1. The molecule has 1 amide bonds. The number of hydrogen-bond donors (Lipinski definition) is 2. The molecular formula is C17H11F6N3O6S. The number of hydrogen-bond acceptors (Lipinski definition) is 7. The molecule has 0 saturated carbocycles. The number of nitrogens with one attached hydrogen (secondary N) is 1. The molecule has 0 unspecified atom stereocenters. The van der Waals surface area contributed by atoms with Crippen LogP contribution in [0.1, 0.15) is 5.56 Å². The quantitative estimate of drug-likeness (QED) is 0.247. The predicted octanol–water partition coefficient (Wildman–Crippen LogP) is 4.55. The number of carbonyl (C=O) groups is 1. The highest BCUT2D eigenvalue weighted by atomic mass is 32.2. The minimum absolute atomic E-state index is 0.0192. The third-order valence-electron chi connectivity index (χ3n) is 4.10. The summed E-state index contributed by atoms with van der Waals surface area (Å²) in [5.41, 5.74) is -8.52. The molecule has 0 aliphatic carbocycles. The second-order valence-corrected chi connectivity index (χ2v) is 7.39. The zero-order valence-electron chi connectivity index (χ0n) is 15.8. The van der Waals surface area contributed by atoms with Gasteiger partial charge in [-0.05, 0) is 24.3 Å². The maximum atomic E-state index is 13.5. The van der Waals surface area contributed by atoms with Crippen LogP contribution >= 0.6 is 11.8 Å². The van der Waals surface area contributed by atoms with Crippen molar-refractivity contribution in [1.82, 2.24) is 0 Å². The van der Waals surface area contributed by atoms with Crippen molar-refractivity contribution in [3.05, 3.63) is 68.3 Å². The lowest BCUT2D eigenvalue weighted by atomic mass is 10.0. The summed E-state index contributed by atoms with van der Waals surface area (Å²) >= 11 is 0.305. The third-order valence-corrected chi connectivity index (χ3v) is 5.26. The summed E-state index contributed by atoms with van der Waals surface area (Å²) < 4.78 is 79.6. The molecule has 2 rings (SSSR count). The summed E-state index contributed by atoms with van der Waals surface area (Å²) in [6, 6.07) is 5.08. The number of nitro benzene ring substituents is 2. The molecule has 0 spiro atoms. The van der Waals surface area contributed by atoms with E-state index in [2.05, 4.69) is 0 Å². The highest BCUT2D eigenvalue weighted by Gasteiger charge is 2.59. The van der Waals surface area contributed by atoms with Gasteiger partial charge >= 0.3 is 12.4 Å². The monoisotopic (exact) mass is 499 g/mol. The van der Waals surface area contributed by atoms with Gasteiger partial charge in [0.05, 0.1) is 9.85 Å². The molecule has 0 saturated heterocycles. The largest absolute Gasteiger partial charge is 0.427 e. The lowest BCUT2D eigenvalue weighted by Crippen LogP contribution is -2.56. The summed E-state index contributed by atoms with van der Waals surface area (Å²) in [5.74, 6) is -3.48. The highest BCUT2D eigenvalue weighted by molar-refractivity contribution is 7.99. The van der Waals surface area contributed by atoms with Gasteiger partial charge in [-0.25, -0.2) is 0 Å². The van der Waals surface area contributed by atoms with Gasteiger partial charge in [-0.1, -0.05) is 0 Å². The Bertz CT molecular complexity index is 1080. The van der Waals surface area contributed by atoms with E-state index in [1.165, 1.54) is 5.32 Å². The Balaban J connectivity index is 2.30. The van der Waals surface area contributed by atoms with E-state index in [0.717, 1.165) is 24.3 Å². The first-order valence-corrected chi connectivity index (χ1v) is 9.38. The molecule has 2 N–H and O–H groups in total. The Morgan fingerprint density at radius 1 is 0.970 bits per heavy atom. The number of anilines is 1. The van der Waals surface area contributed by atoms with Gasteiger partial charge in [0.15, 0.2) is 0 Å². The van der Waals surface area contributed by atoms with Crippen LogP contribution < -0.4 is 5.32 Å². The molecule has 0 fully saturated rings. The van der Waals surface area contributed by atoms with Crippen molar-refractivity contribution >= 4 is 34.7 Å². The minimum Gasteiger partial charge on any atom is -0.372 e. The van der Waals surface area contributed by atoms with E-state index in [1.807, 2.05) is 0 Å². The summed E-state index contributed by atoms with van der Waals surface area (Å²) in [6.07, 6.45) is -10.8. The molecule has 178 valence electrons. The van der Waals surface area contributed by atoms with Crippen LogP contribution in [-0.4, -0.2) is 38.4 Å². The molecule has 0 aliphatic rings. The molecule has 0 aliphatic heterocycles. The molecule has 0 heterocycles. The van der Waals surface area contributed by atoms with Crippen molar-refractivity contribution in [3.8, 4) is 0 Å². The minimum atomic E-state index is -5.57. The molecule has 33 heavy (non-hydrogen) atoms. The van der Waals surface area contributed by atoms with Gasteiger partial charge in [0.2, 0.25) is 5.60 Å². The number of nitro groups is 2. The van der Waals surface area contributed by atoms with E-state index < -0.39 is 56.4 Å². The van der Waals surface area contributed by atoms with Crippen molar-refractivity contribution in [3.63, 3.8) is 0 Å². The van der Waals surface area contributed by atoms with E-state index in [-0.39, 0.29) is 16.6 Å². The first-order chi connectivity index (χ1) is 15.1. The van der Waals surface area contributed by atoms with Crippen LogP contribution in [0, 0.1) is 20.2 Å². The Hall–Kier alpha value is -3.40. The van der Waals surface area contributed by atoms with Crippen LogP contribution in [0.4, 0.5) is 43.4 Å². The number of aliphatic hydroxyl groups is 1. The maximum absolute atomic E-state index is 13.5. The average Bonchev–Trinajstić information content (AvgIpc) is 2.70. The number of halogens is 6. The number of nitrogens with zero attached hydrogens (tertiary/aromatic N) is 2. The second-order valence-electron chi connectivity index (χ2n) is 6.34. The average molecular weight is 499 g/mol. The van der Waals surface area contributed by atoms with E-state index in [4.69, 9.17) is 0 Å². The Morgan fingerprint density at radius 3 is 2.00 bits per heavy atom. The van der Waals surface area contributed by atoms with Crippen molar-refractivity contribution in [2.75, 3.05) is 11.1 Å². The van der Waals surface area contributed by atoms with Gasteiger partial charge < -0.3 is 10.4 Å². The summed E-state index contributed by atoms with van der Waals surface area (Å²) in [5, 5.41) is 32.9. The zero-order valence-corrected chi connectivity index (χ0v) is 16.6. The van der Waals surface area contributed by atoms with Crippen LogP contribution in [-0.2, 0) is 11.0 Å². The van der Waals surface area contributed by atoms with Crippen molar-refractivity contribution in [2.24, 2.45) is 0 Å². The molecule has 2 aromatic carbocycles. The number of alkyl halides is 6. The van der Waals surface area contributed by atoms with Gasteiger partial charge in [-0.2, -0.15) is 26.3 Å². The fourth-order valence-corrected chi connectivity index (χ4v) is 3.36. The van der Waals surface area contributed by atoms with Gasteiger partial charge in [0.1, 0.15) is 5.56 Å². The van der Waals surface area contributed by atoms with Crippen LogP contribution in [0.15, 0.2) is 47.4 Å². The topological polar surface area (TPSA) is 136 Å². The number of rotatable bonds is 7. The smallest absolute Gasteiger partial charge is 0.372 e. The van der Waals surface area contributed by atoms with Crippen LogP contribution in [0.5, 0.6) is 0 Å². The van der Waals surface area contributed by atoms with Gasteiger partial charge in [0, 0.05) is 34.5 Å². The molecule has 0 radical (unpaired) electrons. The molecule has 1 atom stereocenters. The van der Waals surface area contributed by atoms with Crippen LogP contribution in [0.25, 0.3) is 0 Å². The van der Waals surface area contributed by atoms with Gasteiger partial charge in [-0.15, -0.1) is 11.8 Å². The molecule has 9 nitrogen and oxygen atoms in total. The maximum Gasteiger partial charge on any atom is 0.427 e. The lowest BCUT2D eigenvalue weighted by Gasteiger charge is -2.29. The lowest BCUT2D eigenvalue weighted by molar-refractivity contribution is -0.388. The number of thioether (sulfide) groups is 1. The van der Waals surface area contributed by atoms with Gasteiger partial charge in [0.25, 0.3) is 17.3 Å². The summed E-state index contributed by atoms with van der Waals surface area (Å²) in [6.45, 7) is 0. The number of non-ortho nitro benzene ring substituents is 1. The molecule has 2 aromatic rings. The van der Waals surface area contributed by atoms with Crippen LogP contribution in [0.3, 0.4) is 0 Å². The van der Waals surface area contributed by atoms with E-state index in [1.54, 1.807) is 0 Å². The fourth-order valence-electron chi connectivity index (χ4n) is 2.36. The first kappa shape index (κ1) is 25.9. The normalized spacial score (nSPS) is 13.8. The summed E-state index contributed by atoms with van der Waals surface area (Å²) in [7, 11) is 0. The zero-order chi connectivity index (χ0) is 25.2. The molecule has 0 aromatic heterocycles. The van der Waals surface area contributed by atoms with Crippen LogP contribution in [0.2, 0.25) is 0 Å². The van der Waals surface area contributed by atoms with E-state index in [9.17, 15) is 56.5 Å². The van der Waals surface area contributed by atoms with E-state index in [0.29, 0.717) is 23.9 Å². The fraction of sp³-hybridized carbons (Fsp3) is 0.235. The second kappa shape index (κ2) is 9.22. The Morgan fingerprint density at radius 2 is 1.55 bits per heavy atom. The Labute approximate surface area is 183 Å². The number of benzene rings is 2. The van der Waals surface area contributed by atoms with E-state index >= 15 is 0 Å². The van der Waals surface area contributed by atoms with Crippen molar-refractivity contribution in [1.29, 1.82) is 0 Å².